The number of aliphatic carboxylic acids is 1. The molecule has 0 atom stereocenters. The average molecular weight is 343 g/mol. The van der Waals surface area contributed by atoms with E-state index in [0.29, 0.717) is 22.9 Å². The SMILES string of the molecule is C/C=C1/NC(c2ccco2)=C(C2CCCCC2)C(=O)N1/N=C/C(=O)O. The van der Waals surface area contributed by atoms with Crippen LogP contribution in [0, 0.1) is 5.92 Å². The Hall–Kier alpha value is -2.83. The van der Waals surface area contributed by atoms with E-state index in [4.69, 9.17) is 9.52 Å². The molecule has 25 heavy (non-hydrogen) atoms. The van der Waals surface area contributed by atoms with E-state index < -0.39 is 5.97 Å². The summed E-state index contributed by atoms with van der Waals surface area (Å²) in [5.74, 6) is -0.399. The number of carbonyl (C=O) groups is 2. The van der Waals surface area contributed by atoms with Crippen LogP contribution in [-0.2, 0) is 9.59 Å². The zero-order chi connectivity index (χ0) is 17.8. The van der Waals surface area contributed by atoms with E-state index in [0.717, 1.165) is 36.9 Å². The molecule has 2 heterocycles. The largest absolute Gasteiger partial charge is 0.477 e. The topological polar surface area (TPSA) is 95.1 Å². The molecule has 132 valence electrons. The molecule has 0 saturated heterocycles. The van der Waals surface area contributed by atoms with Crippen LogP contribution in [0.25, 0.3) is 5.70 Å². The van der Waals surface area contributed by atoms with Gasteiger partial charge in [0.2, 0.25) is 0 Å². The molecule has 0 radical (unpaired) electrons. The van der Waals surface area contributed by atoms with E-state index >= 15 is 0 Å². The zero-order valence-electron chi connectivity index (χ0n) is 14.1. The molecule has 7 heteroatoms. The Morgan fingerprint density at radius 1 is 1.40 bits per heavy atom. The highest BCUT2D eigenvalue weighted by molar-refractivity contribution is 6.22. The Morgan fingerprint density at radius 2 is 2.16 bits per heavy atom. The quantitative estimate of drug-likeness (QED) is 0.820. The number of furan rings is 1. The number of hydrogen-bond acceptors (Lipinski definition) is 5. The van der Waals surface area contributed by atoms with Crippen LogP contribution in [0.2, 0.25) is 0 Å². The number of hydrogen-bond donors (Lipinski definition) is 2. The molecule has 3 rings (SSSR count). The number of nitrogens with zero attached hydrogens (tertiary/aromatic N) is 2. The first-order valence-corrected chi connectivity index (χ1v) is 8.44. The van der Waals surface area contributed by atoms with Gasteiger partial charge in [-0.25, -0.2) is 4.79 Å². The molecule has 2 N–H and O–H groups in total. The van der Waals surface area contributed by atoms with Crippen molar-refractivity contribution in [1.82, 2.24) is 10.3 Å². The third kappa shape index (κ3) is 3.50. The second kappa shape index (κ2) is 7.38. The summed E-state index contributed by atoms with van der Waals surface area (Å²) < 4.78 is 5.52. The summed E-state index contributed by atoms with van der Waals surface area (Å²) in [6.45, 7) is 1.75. The van der Waals surface area contributed by atoms with Gasteiger partial charge in [0.05, 0.1) is 12.0 Å². The van der Waals surface area contributed by atoms with Gasteiger partial charge in [0.1, 0.15) is 12.0 Å². The molecule has 1 aromatic heterocycles. The summed E-state index contributed by atoms with van der Waals surface area (Å²) in [6.07, 6.45) is 9.13. The predicted molar refractivity (Wildman–Crippen MR) is 92.1 cm³/mol. The molecule has 1 aliphatic carbocycles. The normalized spacial score (nSPS) is 21.2. The minimum atomic E-state index is -1.21. The maximum atomic E-state index is 13.2. The van der Waals surface area contributed by atoms with E-state index in [1.54, 1.807) is 25.3 Å². The highest BCUT2D eigenvalue weighted by atomic mass is 16.4. The van der Waals surface area contributed by atoms with Crippen LogP contribution in [0.5, 0.6) is 0 Å². The molecular formula is C18H21N3O4. The molecule has 1 aliphatic heterocycles. The third-order valence-electron chi connectivity index (χ3n) is 4.51. The maximum absolute atomic E-state index is 13.2. The summed E-state index contributed by atoms with van der Waals surface area (Å²) >= 11 is 0. The number of carbonyl (C=O) groups excluding carboxylic acids is 1. The van der Waals surface area contributed by atoms with Crippen LogP contribution < -0.4 is 5.32 Å². The van der Waals surface area contributed by atoms with Crippen LogP contribution in [0.15, 0.2) is 45.4 Å². The number of nitrogens with one attached hydrogen (secondary N) is 1. The van der Waals surface area contributed by atoms with Crippen molar-refractivity contribution in [3.8, 4) is 0 Å². The summed E-state index contributed by atoms with van der Waals surface area (Å²) in [4.78, 5) is 24.0. The van der Waals surface area contributed by atoms with Crippen LogP contribution in [0.4, 0.5) is 0 Å². The second-order valence-corrected chi connectivity index (χ2v) is 6.10. The fourth-order valence-corrected chi connectivity index (χ4v) is 3.38. The van der Waals surface area contributed by atoms with E-state index in [1.807, 2.05) is 6.07 Å². The number of amides is 1. The first-order valence-electron chi connectivity index (χ1n) is 8.44. The minimum absolute atomic E-state index is 0.106. The highest BCUT2D eigenvalue weighted by Gasteiger charge is 2.36. The molecule has 0 bridgehead atoms. The van der Waals surface area contributed by atoms with Crippen LogP contribution in [0.3, 0.4) is 0 Å². The van der Waals surface area contributed by atoms with Crippen LogP contribution >= 0.6 is 0 Å². The minimum Gasteiger partial charge on any atom is -0.477 e. The van der Waals surface area contributed by atoms with E-state index in [2.05, 4.69) is 10.4 Å². The summed E-state index contributed by atoms with van der Waals surface area (Å²) in [6, 6.07) is 3.58. The van der Waals surface area contributed by atoms with Crippen molar-refractivity contribution in [3.05, 3.63) is 41.6 Å². The fraction of sp³-hybridized carbons (Fsp3) is 0.389. The lowest BCUT2D eigenvalue weighted by molar-refractivity contribution is -0.129. The molecule has 1 fully saturated rings. The van der Waals surface area contributed by atoms with E-state index in [9.17, 15) is 9.59 Å². The lowest BCUT2D eigenvalue weighted by Gasteiger charge is -2.34. The molecule has 2 aliphatic rings. The Bertz CT molecular complexity index is 740. The van der Waals surface area contributed by atoms with Crippen LogP contribution in [0.1, 0.15) is 44.8 Å². The first-order chi connectivity index (χ1) is 12.1. The molecule has 7 nitrogen and oxygen atoms in total. The van der Waals surface area contributed by atoms with Gasteiger partial charge in [-0.1, -0.05) is 19.3 Å². The van der Waals surface area contributed by atoms with Crippen molar-refractivity contribution >= 4 is 23.8 Å². The number of hydrazone groups is 1. The summed E-state index contributed by atoms with van der Waals surface area (Å²) in [7, 11) is 0. The van der Waals surface area contributed by atoms with Crippen molar-refractivity contribution in [3.63, 3.8) is 0 Å². The predicted octanol–water partition coefficient (Wildman–Crippen LogP) is 2.93. The maximum Gasteiger partial charge on any atom is 0.348 e. The van der Waals surface area contributed by atoms with Gasteiger partial charge in [0.15, 0.2) is 5.76 Å². The second-order valence-electron chi connectivity index (χ2n) is 6.10. The van der Waals surface area contributed by atoms with Crippen molar-refractivity contribution < 1.29 is 19.1 Å². The van der Waals surface area contributed by atoms with Gasteiger partial charge in [-0.15, -0.1) is 0 Å². The number of carboxylic acids is 1. The van der Waals surface area contributed by atoms with Crippen molar-refractivity contribution in [2.75, 3.05) is 0 Å². The molecule has 0 spiro atoms. The standard InChI is InChI=1S/C18H21N3O4/c1-2-14-20-17(13-9-6-10-25-13)16(12-7-4-3-5-8-12)18(24)21(14)19-11-15(22)23/h2,6,9-12,20H,3-5,7-8H2,1H3,(H,22,23)/b14-2-,19-11+. The van der Waals surface area contributed by atoms with Gasteiger partial charge in [0, 0.05) is 5.57 Å². The molecular weight excluding hydrogens is 322 g/mol. The van der Waals surface area contributed by atoms with Gasteiger partial charge < -0.3 is 14.8 Å². The highest BCUT2D eigenvalue weighted by Crippen LogP contribution is 2.37. The lowest BCUT2D eigenvalue weighted by atomic mass is 9.81. The molecule has 1 amide bonds. The monoisotopic (exact) mass is 343 g/mol. The number of allylic oxidation sites excluding steroid dienone is 1. The average Bonchev–Trinajstić information content (AvgIpc) is 3.15. The summed E-state index contributed by atoms with van der Waals surface area (Å²) in [5, 5.41) is 17.0. The van der Waals surface area contributed by atoms with Crippen molar-refractivity contribution in [2.24, 2.45) is 11.0 Å². The molecule has 1 saturated carbocycles. The Morgan fingerprint density at radius 3 is 2.76 bits per heavy atom. The van der Waals surface area contributed by atoms with Crippen molar-refractivity contribution in [1.29, 1.82) is 0 Å². The van der Waals surface area contributed by atoms with E-state index in [1.165, 1.54) is 6.42 Å². The zero-order valence-corrected chi connectivity index (χ0v) is 14.1. The van der Waals surface area contributed by atoms with Gasteiger partial charge in [-0.05, 0) is 43.9 Å². The fourth-order valence-electron chi connectivity index (χ4n) is 3.38. The molecule has 0 aromatic carbocycles. The van der Waals surface area contributed by atoms with Gasteiger partial charge >= 0.3 is 5.97 Å². The van der Waals surface area contributed by atoms with Gasteiger partial charge in [-0.3, -0.25) is 4.79 Å². The third-order valence-corrected chi connectivity index (χ3v) is 4.51. The first kappa shape index (κ1) is 17.0. The van der Waals surface area contributed by atoms with Crippen LogP contribution in [-0.4, -0.2) is 28.2 Å². The number of carboxylic acid groups (broad SMARTS) is 1. The van der Waals surface area contributed by atoms with Crippen molar-refractivity contribution in [2.45, 2.75) is 39.0 Å². The van der Waals surface area contributed by atoms with E-state index in [-0.39, 0.29) is 11.8 Å². The Kier molecular flexibility index (Phi) is 5.02. The molecule has 1 aromatic rings. The van der Waals surface area contributed by atoms with Gasteiger partial charge in [-0.2, -0.15) is 10.1 Å². The Balaban J connectivity index is 2.07. The van der Waals surface area contributed by atoms with Gasteiger partial charge in [0.25, 0.3) is 5.91 Å². The Labute approximate surface area is 145 Å². The smallest absolute Gasteiger partial charge is 0.348 e. The lowest BCUT2D eigenvalue weighted by Crippen LogP contribution is -2.42. The summed E-state index contributed by atoms with van der Waals surface area (Å²) in [5.41, 5.74) is 1.26. The molecule has 0 unspecified atom stereocenters. The number of rotatable bonds is 4.